The topological polar surface area (TPSA) is 138 Å². The van der Waals surface area contributed by atoms with Gasteiger partial charge in [-0.15, -0.1) is 0 Å². The van der Waals surface area contributed by atoms with Crippen molar-refractivity contribution in [3.8, 4) is 0 Å². The summed E-state index contributed by atoms with van der Waals surface area (Å²) in [7, 11) is 0. The van der Waals surface area contributed by atoms with Crippen LogP contribution in [0.4, 0.5) is 0 Å². The van der Waals surface area contributed by atoms with E-state index in [9.17, 15) is 24.3 Å². The second-order valence-corrected chi connectivity index (χ2v) is 14.4. The van der Waals surface area contributed by atoms with Gasteiger partial charge in [-0.3, -0.25) is 24.1 Å². The maximum Gasteiger partial charge on any atom is 0.306 e. The Morgan fingerprint density at radius 3 is 2.50 bits per heavy atom. The molecule has 12 nitrogen and oxygen atoms in total. The highest BCUT2D eigenvalue weighted by Gasteiger charge is 2.75. The molecule has 48 heavy (non-hydrogen) atoms. The molecule has 5 aliphatic rings. The number of halogens is 1. The highest BCUT2D eigenvalue weighted by molar-refractivity contribution is 9.11. The predicted octanol–water partition coefficient (Wildman–Crippen LogP) is 1.79. The van der Waals surface area contributed by atoms with E-state index in [0.29, 0.717) is 37.2 Å². The molecule has 5 aliphatic heterocycles. The number of likely N-dealkylation sites (tertiary alicyclic amines) is 1. The molecule has 5 bridgehead atoms. The first-order valence-corrected chi connectivity index (χ1v) is 17.7. The van der Waals surface area contributed by atoms with Crippen LogP contribution in [-0.4, -0.2) is 126 Å². The number of hydrogen-bond acceptors (Lipinski definition) is 9. The van der Waals surface area contributed by atoms with Crippen molar-refractivity contribution in [3.63, 3.8) is 0 Å². The van der Waals surface area contributed by atoms with E-state index in [-0.39, 0.29) is 38.0 Å². The maximum atomic E-state index is 14.9. The molecule has 5 heterocycles. The van der Waals surface area contributed by atoms with Crippen molar-refractivity contribution in [1.82, 2.24) is 20.0 Å². The van der Waals surface area contributed by atoms with Crippen LogP contribution in [0.5, 0.6) is 0 Å². The minimum Gasteiger partial charge on any atom is -0.463 e. The summed E-state index contributed by atoms with van der Waals surface area (Å²) in [6, 6.07) is 6.77. The monoisotopic (exact) mass is 728 g/mol. The number of rotatable bonds is 7. The fourth-order valence-electron chi connectivity index (χ4n) is 7.71. The van der Waals surface area contributed by atoms with Crippen LogP contribution in [0.15, 0.2) is 53.0 Å². The number of morpholine rings is 1. The molecular formula is C35H45BrN4O8. The van der Waals surface area contributed by atoms with Gasteiger partial charge in [0.05, 0.1) is 43.7 Å². The third-order valence-electron chi connectivity index (χ3n) is 10.3. The number of carbonyl (C=O) groups excluding carboxylic acids is 4. The van der Waals surface area contributed by atoms with Crippen molar-refractivity contribution in [2.45, 2.75) is 56.5 Å². The zero-order valence-corrected chi connectivity index (χ0v) is 29.0. The van der Waals surface area contributed by atoms with Crippen molar-refractivity contribution in [3.05, 3.63) is 58.6 Å². The van der Waals surface area contributed by atoms with E-state index in [0.717, 1.165) is 18.7 Å². The molecule has 3 saturated heterocycles. The van der Waals surface area contributed by atoms with Crippen molar-refractivity contribution in [2.75, 3.05) is 59.2 Å². The molecular weight excluding hydrogens is 684 g/mol. The summed E-state index contributed by atoms with van der Waals surface area (Å²) in [6.45, 7) is 7.35. The Morgan fingerprint density at radius 2 is 1.79 bits per heavy atom. The molecule has 7 atom stereocenters. The summed E-state index contributed by atoms with van der Waals surface area (Å²) in [5.74, 6) is -3.71. The average Bonchev–Trinajstić information content (AvgIpc) is 3.68. The quantitative estimate of drug-likeness (QED) is 0.318. The molecule has 260 valence electrons. The van der Waals surface area contributed by atoms with Gasteiger partial charge in [0, 0.05) is 43.6 Å². The Balaban J connectivity index is 1.41. The fourth-order valence-corrected chi connectivity index (χ4v) is 8.44. The van der Waals surface area contributed by atoms with E-state index in [2.05, 4.69) is 26.1 Å². The third-order valence-corrected chi connectivity index (χ3v) is 10.9. The molecule has 1 aromatic rings. The van der Waals surface area contributed by atoms with Crippen molar-refractivity contribution >= 4 is 39.6 Å². The van der Waals surface area contributed by atoms with Crippen LogP contribution in [0.3, 0.4) is 0 Å². The largest absolute Gasteiger partial charge is 0.463 e. The molecule has 0 aromatic heterocycles. The number of esters is 1. The number of nitrogens with one attached hydrogen (secondary N) is 1. The van der Waals surface area contributed by atoms with Gasteiger partial charge in [-0.1, -0.05) is 72.3 Å². The number of carbonyl (C=O) groups is 4. The zero-order valence-electron chi connectivity index (χ0n) is 27.5. The Hall–Kier alpha value is -3.10. The second kappa shape index (κ2) is 14.8. The van der Waals surface area contributed by atoms with Gasteiger partial charge in [-0.25, -0.2) is 0 Å². The van der Waals surface area contributed by atoms with Gasteiger partial charge in [-0.2, -0.15) is 0 Å². The van der Waals surface area contributed by atoms with E-state index in [1.54, 1.807) is 11.0 Å². The Kier molecular flexibility index (Phi) is 10.7. The molecule has 3 fully saturated rings. The Bertz CT molecular complexity index is 1430. The number of aliphatic hydroxyl groups excluding tert-OH is 1. The van der Waals surface area contributed by atoms with E-state index in [1.165, 1.54) is 4.90 Å². The Morgan fingerprint density at radius 1 is 1.04 bits per heavy atom. The van der Waals surface area contributed by atoms with Crippen molar-refractivity contribution in [2.24, 2.45) is 17.8 Å². The summed E-state index contributed by atoms with van der Waals surface area (Å²) in [4.78, 5) is 62.1. The highest BCUT2D eigenvalue weighted by atomic mass is 79.9. The smallest absolute Gasteiger partial charge is 0.306 e. The number of hydrogen-bond donors (Lipinski definition) is 2. The van der Waals surface area contributed by atoms with Crippen LogP contribution in [0, 0.1) is 17.8 Å². The van der Waals surface area contributed by atoms with Crippen LogP contribution in [0.1, 0.15) is 38.3 Å². The van der Waals surface area contributed by atoms with Crippen LogP contribution >= 0.6 is 15.9 Å². The van der Waals surface area contributed by atoms with Crippen LogP contribution < -0.4 is 5.32 Å². The molecule has 1 aromatic carbocycles. The van der Waals surface area contributed by atoms with Gasteiger partial charge in [0.1, 0.15) is 24.4 Å². The molecule has 2 N–H and O–H groups in total. The fraction of sp³-hybridized carbons (Fsp3) is 0.600. The standard InChI is InChI=1S/C35H45BrN4O8/c1-22(2)26(20-41)40-31-34(45)39(14-13-38-15-17-46-18-16-38)12-8-4-7-11-27(42)47-21-25(23-9-5-3-6-10-23)37-32(43)28-29(33(40)44)35(31)19-24(36)30(28)48-35/h3-6,8-10,19,22,25-26,28-31,41H,7,11-18,20-21H2,1-2H3,(H,37,43)/b8-4-/t25-,26+,28-,29+,30-,31-,35+/m1/s1. The molecule has 3 amide bonds. The number of amides is 3. The van der Waals surface area contributed by atoms with Gasteiger partial charge in [-0.05, 0) is 24.0 Å². The summed E-state index contributed by atoms with van der Waals surface area (Å²) in [5.41, 5.74) is -0.681. The lowest BCUT2D eigenvalue weighted by Gasteiger charge is -2.40. The lowest BCUT2D eigenvalue weighted by atomic mass is 9.74. The summed E-state index contributed by atoms with van der Waals surface area (Å²) in [5, 5.41) is 13.7. The molecule has 1 spiro atoms. The minimum atomic E-state index is -1.43. The van der Waals surface area contributed by atoms with E-state index in [4.69, 9.17) is 14.2 Å². The summed E-state index contributed by atoms with van der Waals surface area (Å²) >= 11 is 3.62. The van der Waals surface area contributed by atoms with Crippen LogP contribution in [-0.2, 0) is 33.4 Å². The number of cyclic esters (lactones) is 1. The van der Waals surface area contributed by atoms with Crippen molar-refractivity contribution < 1.29 is 38.5 Å². The highest BCUT2D eigenvalue weighted by Crippen LogP contribution is 2.59. The molecule has 13 heteroatoms. The zero-order chi connectivity index (χ0) is 34.0. The van der Waals surface area contributed by atoms with Gasteiger partial charge >= 0.3 is 5.97 Å². The number of allylic oxidation sites excluding steroid dienone is 1. The first-order chi connectivity index (χ1) is 23.2. The number of fused-ring (bicyclic) bond motifs is 2. The van der Waals surface area contributed by atoms with E-state index < -0.39 is 59.5 Å². The molecule has 0 aliphatic carbocycles. The molecule has 0 unspecified atom stereocenters. The number of aliphatic hydroxyl groups is 1. The molecule has 0 radical (unpaired) electrons. The van der Waals surface area contributed by atoms with Gasteiger partial charge in [0.2, 0.25) is 17.7 Å². The minimum absolute atomic E-state index is 0.0835. The SMILES string of the molecule is CC(C)[C@H](CO)N1C(=O)[C@@H]2[C@H]3C(=O)N[C@@H](c4ccccc4)COC(=O)CC/C=C\CN(CCN4CCOCC4)C(=O)[C@@H]1[C@]21C=C(Br)[C@H]3O1. The number of ether oxygens (including phenoxy) is 3. The molecule has 0 saturated carbocycles. The second-order valence-electron chi connectivity index (χ2n) is 13.5. The van der Waals surface area contributed by atoms with Crippen molar-refractivity contribution in [1.29, 1.82) is 0 Å². The van der Waals surface area contributed by atoms with E-state index >= 15 is 0 Å². The van der Waals surface area contributed by atoms with Gasteiger partial charge in [0.15, 0.2) is 0 Å². The van der Waals surface area contributed by atoms with E-state index in [1.807, 2.05) is 56.3 Å². The normalized spacial score (nSPS) is 33.0. The lowest BCUT2D eigenvalue weighted by Crippen LogP contribution is -2.60. The summed E-state index contributed by atoms with van der Waals surface area (Å²) < 4.78 is 18.4. The summed E-state index contributed by atoms with van der Waals surface area (Å²) in [6.07, 6.45) is 5.29. The van der Waals surface area contributed by atoms with Gasteiger partial charge < -0.3 is 34.4 Å². The molecule has 6 rings (SSSR count). The predicted molar refractivity (Wildman–Crippen MR) is 178 cm³/mol. The Labute approximate surface area is 289 Å². The average molecular weight is 730 g/mol. The lowest BCUT2D eigenvalue weighted by molar-refractivity contribution is -0.151. The number of benzene rings is 1. The third kappa shape index (κ3) is 6.59. The first kappa shape index (κ1) is 34.8. The number of nitrogens with zero attached hydrogens (tertiary/aromatic N) is 3. The van der Waals surface area contributed by atoms with Crippen LogP contribution in [0.25, 0.3) is 0 Å². The van der Waals surface area contributed by atoms with Gasteiger partial charge in [0.25, 0.3) is 0 Å². The van der Waals surface area contributed by atoms with Crippen LogP contribution in [0.2, 0.25) is 0 Å². The first-order valence-electron chi connectivity index (χ1n) is 16.9. The maximum absolute atomic E-state index is 14.9.